The van der Waals surface area contributed by atoms with Crippen LogP contribution in [0.15, 0.2) is 52.0 Å². The summed E-state index contributed by atoms with van der Waals surface area (Å²) in [5.41, 5.74) is -1.27. The summed E-state index contributed by atoms with van der Waals surface area (Å²) >= 11 is 0. The molecule has 2 fully saturated rings. The van der Waals surface area contributed by atoms with Gasteiger partial charge in [0.1, 0.15) is 5.60 Å². The van der Waals surface area contributed by atoms with Crippen molar-refractivity contribution in [2.75, 3.05) is 6.26 Å². The minimum absolute atomic E-state index is 0.0177. The summed E-state index contributed by atoms with van der Waals surface area (Å²) in [5.74, 6) is -6.45. The predicted octanol–water partition coefficient (Wildman–Crippen LogP) is 5.92. The van der Waals surface area contributed by atoms with Crippen LogP contribution >= 0.6 is 0 Å². The van der Waals surface area contributed by atoms with Gasteiger partial charge in [-0.05, 0) is 85.3 Å². The highest BCUT2D eigenvalue weighted by Crippen LogP contribution is 2.68. The van der Waals surface area contributed by atoms with Crippen LogP contribution in [-0.4, -0.2) is 43.3 Å². The highest BCUT2D eigenvalue weighted by Gasteiger charge is 2.78. The molecule has 1 unspecified atom stereocenters. The van der Waals surface area contributed by atoms with Gasteiger partial charge in [-0.15, -0.1) is 0 Å². The van der Waals surface area contributed by atoms with Gasteiger partial charge in [-0.25, -0.2) is 8.42 Å². The van der Waals surface area contributed by atoms with E-state index in [1.807, 2.05) is 0 Å². The lowest BCUT2D eigenvalue weighted by atomic mass is 9.53. The maximum absolute atomic E-state index is 14.7. The van der Waals surface area contributed by atoms with Gasteiger partial charge in [0.05, 0.1) is 4.90 Å². The van der Waals surface area contributed by atoms with Crippen LogP contribution < -0.4 is 0 Å². The van der Waals surface area contributed by atoms with Crippen molar-refractivity contribution >= 4 is 15.6 Å². The zero-order chi connectivity index (χ0) is 27.2. The van der Waals surface area contributed by atoms with E-state index in [-0.39, 0.29) is 48.2 Å². The maximum Gasteiger partial charge on any atom is 0.456 e. The molecule has 0 amide bonds. The number of rotatable bonds is 3. The van der Waals surface area contributed by atoms with E-state index in [0.29, 0.717) is 12.8 Å². The Bertz CT molecular complexity index is 1310. The average Bonchev–Trinajstić information content (AvgIpc) is 3.09. The van der Waals surface area contributed by atoms with Gasteiger partial charge in [0.15, 0.2) is 15.6 Å². The van der Waals surface area contributed by atoms with Crippen molar-refractivity contribution in [1.82, 2.24) is 0 Å². The van der Waals surface area contributed by atoms with E-state index < -0.39 is 45.3 Å². The second-order valence-electron chi connectivity index (χ2n) is 11.3. The third-order valence-electron chi connectivity index (χ3n) is 9.52. The molecule has 5 atom stereocenters. The number of benzene rings is 1. The van der Waals surface area contributed by atoms with Crippen molar-refractivity contribution < 1.29 is 40.3 Å². The number of sulfone groups is 1. The van der Waals surface area contributed by atoms with Crippen LogP contribution in [0.4, 0.5) is 22.0 Å². The first kappa shape index (κ1) is 26.5. The number of fused-ring (bicyclic) bond motifs is 4. The zero-order valence-electron chi connectivity index (χ0n) is 20.5. The smallest absolute Gasteiger partial charge is 0.383 e. The molecule has 0 aromatic heterocycles. The predicted molar refractivity (Wildman–Crippen MR) is 126 cm³/mol. The number of allylic oxidation sites excluding steroid dienone is 4. The summed E-state index contributed by atoms with van der Waals surface area (Å²) in [6, 6.07) is 6.35. The SMILES string of the molecule is C[C@]12CCC3=C4C(=CC(=O)CC4c4ccc(S(C)(=O)=O)cc4)CC[C@H]3[C@@H]1CC[C@]2(O)C(F)(F)C(F)(F)F. The molecule has 4 aliphatic carbocycles. The van der Waals surface area contributed by atoms with Gasteiger partial charge < -0.3 is 5.11 Å². The fourth-order valence-corrected chi connectivity index (χ4v) is 8.26. The second-order valence-corrected chi connectivity index (χ2v) is 13.3. The maximum atomic E-state index is 14.7. The van der Waals surface area contributed by atoms with Crippen LogP contribution in [0.3, 0.4) is 0 Å². The first-order valence-electron chi connectivity index (χ1n) is 12.4. The van der Waals surface area contributed by atoms with Crippen LogP contribution in [-0.2, 0) is 14.6 Å². The molecule has 4 aliphatic rings. The van der Waals surface area contributed by atoms with Gasteiger partial charge in [-0.1, -0.05) is 24.6 Å². The van der Waals surface area contributed by atoms with Crippen molar-refractivity contribution in [3.05, 3.63) is 52.6 Å². The number of halogens is 5. The normalized spacial score (nSPS) is 34.5. The number of carbonyl (C=O) groups is 1. The highest BCUT2D eigenvalue weighted by atomic mass is 32.2. The summed E-state index contributed by atoms with van der Waals surface area (Å²) in [4.78, 5) is 12.7. The van der Waals surface area contributed by atoms with Gasteiger partial charge in [-0.2, -0.15) is 22.0 Å². The Hall–Kier alpha value is -2.07. The van der Waals surface area contributed by atoms with Gasteiger partial charge in [0, 0.05) is 24.0 Å². The van der Waals surface area contributed by atoms with E-state index >= 15 is 0 Å². The summed E-state index contributed by atoms with van der Waals surface area (Å²) in [6.45, 7) is 1.38. The third kappa shape index (κ3) is 3.76. The van der Waals surface area contributed by atoms with Gasteiger partial charge in [0.25, 0.3) is 0 Å². The number of hydrogen-bond acceptors (Lipinski definition) is 4. The number of hydrogen-bond donors (Lipinski definition) is 1. The number of ketones is 1. The molecule has 1 aromatic carbocycles. The zero-order valence-corrected chi connectivity index (χ0v) is 21.4. The summed E-state index contributed by atoms with van der Waals surface area (Å²) < 4.78 is 93.4. The molecule has 0 aliphatic heterocycles. The van der Waals surface area contributed by atoms with E-state index in [9.17, 15) is 40.3 Å². The average molecular weight is 545 g/mol. The van der Waals surface area contributed by atoms with Crippen molar-refractivity contribution in [2.24, 2.45) is 17.3 Å². The summed E-state index contributed by atoms with van der Waals surface area (Å²) in [5, 5.41) is 11.0. The molecular formula is C27H29F5O4S. The molecular weight excluding hydrogens is 515 g/mol. The number of alkyl halides is 5. The highest BCUT2D eigenvalue weighted by molar-refractivity contribution is 7.90. The first-order chi connectivity index (χ1) is 17.0. The molecule has 1 aromatic rings. The van der Waals surface area contributed by atoms with Crippen LogP contribution in [0.5, 0.6) is 0 Å². The second kappa shape index (κ2) is 8.21. The van der Waals surface area contributed by atoms with Gasteiger partial charge in [0.2, 0.25) is 0 Å². The third-order valence-corrected chi connectivity index (χ3v) is 10.6. The monoisotopic (exact) mass is 544 g/mol. The molecule has 2 saturated carbocycles. The van der Waals surface area contributed by atoms with E-state index in [4.69, 9.17) is 0 Å². The van der Waals surface area contributed by atoms with E-state index in [1.165, 1.54) is 19.1 Å². The van der Waals surface area contributed by atoms with Crippen molar-refractivity contribution in [3.63, 3.8) is 0 Å². The Balaban J connectivity index is 1.57. The molecule has 0 bridgehead atoms. The lowest BCUT2D eigenvalue weighted by Gasteiger charge is -2.53. The van der Waals surface area contributed by atoms with Crippen molar-refractivity contribution in [2.45, 2.75) is 80.4 Å². The lowest BCUT2D eigenvalue weighted by molar-refractivity contribution is -0.362. The molecule has 37 heavy (non-hydrogen) atoms. The molecule has 1 N–H and O–H groups in total. The largest absolute Gasteiger partial charge is 0.456 e. The fourth-order valence-electron chi connectivity index (χ4n) is 7.63. The Morgan fingerprint density at radius 1 is 1.00 bits per heavy atom. The Kier molecular flexibility index (Phi) is 5.89. The molecule has 0 spiro atoms. The first-order valence-corrected chi connectivity index (χ1v) is 14.3. The Labute approximate surface area is 212 Å². The summed E-state index contributed by atoms with van der Waals surface area (Å²) in [6.07, 6.45) is -2.28. The van der Waals surface area contributed by atoms with E-state index in [2.05, 4.69) is 0 Å². The van der Waals surface area contributed by atoms with Crippen LogP contribution in [0.2, 0.25) is 0 Å². The Morgan fingerprint density at radius 3 is 2.24 bits per heavy atom. The topological polar surface area (TPSA) is 71.4 Å². The molecule has 202 valence electrons. The number of carbonyl (C=O) groups excluding carboxylic acids is 1. The molecule has 0 radical (unpaired) electrons. The van der Waals surface area contributed by atoms with Crippen LogP contribution in [0.25, 0.3) is 0 Å². The molecule has 0 heterocycles. The van der Waals surface area contributed by atoms with Gasteiger partial charge >= 0.3 is 12.1 Å². The van der Waals surface area contributed by atoms with Crippen LogP contribution in [0.1, 0.15) is 63.4 Å². The molecule has 5 rings (SSSR count). The standard InChI is InChI=1S/C27H29F5O4S/c1-24-11-9-20-19(22(24)10-12-25(24,34)26(28,29)27(30,31)32)8-5-16-13-17(33)14-21(23(16)20)15-3-6-18(7-4-15)37(2,35)36/h3-4,6-7,13,19,21-22,34H,5,8-12,14H2,1-2H3/t19-,21?,22+,24+,25-/m1/s1. The number of aliphatic hydroxyl groups is 1. The molecule has 10 heteroatoms. The molecule has 0 saturated heterocycles. The van der Waals surface area contributed by atoms with Crippen molar-refractivity contribution in [3.8, 4) is 0 Å². The Morgan fingerprint density at radius 2 is 1.65 bits per heavy atom. The van der Waals surface area contributed by atoms with Crippen LogP contribution in [0, 0.1) is 17.3 Å². The minimum atomic E-state index is -5.85. The lowest BCUT2D eigenvalue weighted by Crippen LogP contribution is -2.64. The van der Waals surface area contributed by atoms with Crippen molar-refractivity contribution in [1.29, 1.82) is 0 Å². The quantitative estimate of drug-likeness (QED) is 0.480. The van der Waals surface area contributed by atoms with E-state index in [0.717, 1.165) is 28.5 Å². The minimum Gasteiger partial charge on any atom is -0.383 e. The van der Waals surface area contributed by atoms with E-state index in [1.54, 1.807) is 18.2 Å². The molecule has 4 nitrogen and oxygen atoms in total. The van der Waals surface area contributed by atoms with Gasteiger partial charge in [-0.3, -0.25) is 4.79 Å². The fraction of sp³-hybridized carbons (Fsp3) is 0.593. The summed E-state index contributed by atoms with van der Waals surface area (Å²) in [7, 11) is -3.41.